The zero-order chi connectivity index (χ0) is 33.8. The van der Waals surface area contributed by atoms with Gasteiger partial charge in [0.2, 0.25) is 5.75 Å². The highest BCUT2D eigenvalue weighted by molar-refractivity contribution is 7.87. The molecule has 0 amide bonds. The molecule has 0 fully saturated rings. The smallest absolute Gasteiger partial charge is 0.357 e. The van der Waals surface area contributed by atoms with Crippen molar-refractivity contribution in [1.29, 1.82) is 0 Å². The number of hydrogen-bond acceptors (Lipinski definition) is 8. The van der Waals surface area contributed by atoms with Crippen LogP contribution in [0.3, 0.4) is 0 Å². The number of hydrogen-bond donors (Lipinski definition) is 0. The molecule has 0 aliphatic rings. The van der Waals surface area contributed by atoms with Gasteiger partial charge < -0.3 is 8.74 Å². The van der Waals surface area contributed by atoms with Crippen molar-refractivity contribution >= 4 is 25.9 Å². The number of rotatable bonds is 7. The van der Waals surface area contributed by atoms with Crippen LogP contribution in [0.5, 0.6) is 5.75 Å². The molecule has 240 valence electrons. The predicted octanol–water partition coefficient (Wildman–Crippen LogP) is 3.99. The molecule has 4 aromatic rings. The minimum Gasteiger partial charge on any atom is -0.744 e. The van der Waals surface area contributed by atoms with Gasteiger partial charge in [0, 0.05) is 6.07 Å². The van der Waals surface area contributed by atoms with Crippen LogP contribution in [0.1, 0.15) is 58.2 Å². The number of halogens is 1. The van der Waals surface area contributed by atoms with Crippen molar-refractivity contribution in [1.82, 2.24) is 0 Å². The average molecular weight is 766 g/mol. The quantitative estimate of drug-likeness (QED) is 0.0905. The zero-order valence-electron chi connectivity index (χ0n) is 26.1. The first-order valence-corrected chi connectivity index (χ1v) is 18.8. The summed E-state index contributed by atoms with van der Waals surface area (Å²) in [6.07, 6.45) is 0. The molecule has 0 N–H and O–H groups in total. The van der Waals surface area contributed by atoms with E-state index in [1.807, 2.05) is 0 Å². The minimum atomic E-state index is -4.94. The molecule has 0 spiro atoms. The molecule has 4 rings (SSSR count). The lowest BCUT2D eigenvalue weighted by molar-refractivity contribution is -0.597. The third-order valence-electron chi connectivity index (χ3n) is 6.56. The number of aryl methyl sites for hydroxylation is 1. The maximum atomic E-state index is 12.1. The average Bonchev–Trinajstić information content (AvgIpc) is 2.92. The summed E-state index contributed by atoms with van der Waals surface area (Å²) >= 11 is -0.0703. The van der Waals surface area contributed by atoms with E-state index in [1.165, 1.54) is 42.5 Å². The van der Waals surface area contributed by atoms with Crippen molar-refractivity contribution in [2.24, 2.45) is 0 Å². The van der Waals surface area contributed by atoms with E-state index < -0.39 is 41.5 Å². The largest absolute Gasteiger partial charge is 0.744 e. The van der Waals surface area contributed by atoms with Crippen LogP contribution >= 0.6 is 0 Å². The number of nitrogens with zero attached hydrogens (tertiary/aromatic N) is 1. The summed E-state index contributed by atoms with van der Waals surface area (Å²) in [6, 6.07) is 25.9. The summed E-state index contributed by atoms with van der Waals surface area (Å²) in [5.41, 5.74) is 3.15. The van der Waals surface area contributed by atoms with Crippen molar-refractivity contribution < 1.29 is 51.7 Å². The minimum absolute atomic E-state index is 0.0703. The number of nitro benzene ring substituents is 1. The first kappa shape index (κ1) is 36.1. The summed E-state index contributed by atoms with van der Waals surface area (Å²) in [5, 5.41) is 11.0. The summed E-state index contributed by atoms with van der Waals surface area (Å²) in [4.78, 5) is 8.86. The van der Waals surface area contributed by atoms with Gasteiger partial charge in [-0.25, -0.2) is 8.42 Å². The molecular formula is C33H36INO8S2. The molecule has 0 saturated carbocycles. The highest BCUT2D eigenvalue weighted by Gasteiger charge is 2.25. The highest BCUT2D eigenvalue weighted by atomic mass is 127. The van der Waals surface area contributed by atoms with Gasteiger partial charge in [0.05, 0.1) is 9.82 Å². The Morgan fingerprint density at radius 1 is 0.667 bits per heavy atom. The molecule has 45 heavy (non-hydrogen) atoms. The molecule has 0 aliphatic carbocycles. The molecule has 0 unspecified atom stereocenters. The van der Waals surface area contributed by atoms with E-state index >= 15 is 0 Å². The molecule has 0 aromatic heterocycles. The Bertz CT molecular complexity index is 1800. The lowest BCUT2D eigenvalue weighted by atomic mass is 9.87. The normalized spacial score (nSPS) is 12.2. The van der Waals surface area contributed by atoms with Gasteiger partial charge in [-0.1, -0.05) is 83.5 Å². The van der Waals surface area contributed by atoms with Gasteiger partial charge in [0.25, 0.3) is 0 Å². The van der Waals surface area contributed by atoms with Crippen molar-refractivity contribution in [3.05, 3.63) is 125 Å². The molecule has 0 atom stereocenters. The molecule has 0 bridgehead atoms. The third-order valence-corrected chi connectivity index (χ3v) is 11.3. The maximum Gasteiger partial charge on any atom is 0.357 e. The molecule has 0 radical (unpaired) electrons. The van der Waals surface area contributed by atoms with Crippen LogP contribution in [0.15, 0.2) is 101 Å². The Morgan fingerprint density at radius 3 is 1.47 bits per heavy atom. The van der Waals surface area contributed by atoms with E-state index in [2.05, 4.69) is 90.1 Å². The van der Waals surface area contributed by atoms with E-state index in [0.29, 0.717) is 6.07 Å². The first-order valence-electron chi connectivity index (χ1n) is 13.8. The summed E-state index contributed by atoms with van der Waals surface area (Å²) in [7, 11) is -9.30. The Hall–Kier alpha value is -3.33. The van der Waals surface area contributed by atoms with Crippen LogP contribution in [0.25, 0.3) is 0 Å². The summed E-state index contributed by atoms with van der Waals surface area (Å²) < 4.78 is 64.8. The second-order valence-corrected chi connectivity index (χ2v) is 18.3. The highest BCUT2D eigenvalue weighted by Crippen LogP contribution is 2.32. The van der Waals surface area contributed by atoms with Crippen LogP contribution < -0.4 is 25.4 Å². The standard InChI is InChI=1S/C20H26I.C13H11NO8S2/c1-19(2,3)15-7-11-17(12-8-15)21-18-13-9-16(10-14-18)20(4,5)6;1-9-2-4-10(5-3-9)24(20,21)22-13-7-6-11(23(17,18)19)8-12(13)14(15)16/h7-14H,1-6H3;2-8H,1H3,(H,17,18,19)/q+1;/p-1. The van der Waals surface area contributed by atoms with E-state index in [0.717, 1.165) is 17.7 Å². The van der Waals surface area contributed by atoms with Crippen LogP contribution in [0.4, 0.5) is 5.69 Å². The van der Waals surface area contributed by atoms with Crippen LogP contribution in [-0.4, -0.2) is 26.3 Å². The van der Waals surface area contributed by atoms with Gasteiger partial charge >= 0.3 is 37.0 Å². The lowest BCUT2D eigenvalue weighted by Gasteiger charge is -2.18. The molecule has 0 aliphatic heterocycles. The first-order chi connectivity index (χ1) is 20.7. The summed E-state index contributed by atoms with van der Waals surface area (Å²) in [5.74, 6) is -0.701. The predicted molar refractivity (Wildman–Crippen MR) is 168 cm³/mol. The second-order valence-electron chi connectivity index (χ2n) is 12.3. The SMILES string of the molecule is CC(C)(C)c1ccc([I+]c2ccc(C(C)(C)C)cc2)cc1.Cc1ccc(S(=O)(=O)Oc2ccc(S(=O)(=O)[O-])cc2[N+](=O)[O-])cc1. The lowest BCUT2D eigenvalue weighted by Crippen LogP contribution is -3.61. The van der Waals surface area contributed by atoms with E-state index in [1.54, 1.807) is 6.92 Å². The Balaban J connectivity index is 0.000000248. The zero-order valence-corrected chi connectivity index (χ0v) is 29.9. The molecule has 0 saturated heterocycles. The molecular weight excluding hydrogens is 729 g/mol. The van der Waals surface area contributed by atoms with E-state index in [-0.39, 0.29) is 36.9 Å². The fraction of sp³-hybridized carbons (Fsp3) is 0.273. The Kier molecular flexibility index (Phi) is 11.2. The summed E-state index contributed by atoms with van der Waals surface area (Å²) in [6.45, 7) is 15.3. The van der Waals surface area contributed by atoms with Crippen molar-refractivity contribution in [2.45, 2.75) is 69.1 Å². The van der Waals surface area contributed by atoms with E-state index in [4.69, 9.17) is 4.18 Å². The fourth-order valence-corrected chi connectivity index (χ4v) is 7.48. The molecule has 9 nitrogen and oxygen atoms in total. The van der Waals surface area contributed by atoms with Crippen molar-refractivity contribution in [3.8, 4) is 5.75 Å². The fourth-order valence-electron chi connectivity index (χ4n) is 3.89. The van der Waals surface area contributed by atoms with Gasteiger partial charge in [-0.3, -0.25) is 10.1 Å². The maximum absolute atomic E-state index is 12.1. The molecule has 12 heteroatoms. The van der Waals surface area contributed by atoms with Crippen molar-refractivity contribution in [2.75, 3.05) is 0 Å². The van der Waals surface area contributed by atoms with Crippen LogP contribution in [0, 0.1) is 24.2 Å². The Labute approximate surface area is 276 Å². The van der Waals surface area contributed by atoms with Crippen LogP contribution in [0.2, 0.25) is 0 Å². The number of benzene rings is 4. The van der Waals surface area contributed by atoms with Crippen molar-refractivity contribution in [3.63, 3.8) is 0 Å². The van der Waals surface area contributed by atoms with Gasteiger partial charge in [-0.15, -0.1) is 0 Å². The van der Waals surface area contributed by atoms with Gasteiger partial charge in [-0.05, 0) is 77.4 Å². The van der Waals surface area contributed by atoms with Crippen LogP contribution in [-0.2, 0) is 31.1 Å². The van der Waals surface area contributed by atoms with Gasteiger partial charge in [0.1, 0.15) is 15.0 Å². The second kappa shape index (κ2) is 14.0. The van der Waals surface area contributed by atoms with Gasteiger partial charge in [-0.2, -0.15) is 8.42 Å². The molecule has 4 aromatic carbocycles. The number of nitro groups is 1. The Morgan fingerprint density at radius 2 is 1.09 bits per heavy atom. The topological polar surface area (TPSA) is 144 Å². The monoisotopic (exact) mass is 765 g/mol. The van der Waals surface area contributed by atoms with E-state index in [9.17, 15) is 31.5 Å². The van der Waals surface area contributed by atoms with Gasteiger partial charge in [0.15, 0.2) is 7.14 Å². The molecule has 0 heterocycles. The third kappa shape index (κ3) is 10.3.